The Morgan fingerprint density at radius 1 is 0.871 bits per heavy atom. The van der Waals surface area contributed by atoms with Gasteiger partial charge in [-0.25, -0.2) is 4.68 Å². The van der Waals surface area contributed by atoms with Crippen molar-refractivity contribution in [1.82, 2.24) is 9.78 Å². The molecule has 4 rings (SSSR count). The molecule has 0 radical (unpaired) electrons. The molecule has 0 saturated heterocycles. The third kappa shape index (κ3) is 4.09. The highest BCUT2D eigenvalue weighted by Gasteiger charge is 2.27. The van der Waals surface area contributed by atoms with Crippen molar-refractivity contribution in [2.75, 3.05) is 5.01 Å². The lowest BCUT2D eigenvalue weighted by atomic mass is 10.1. The van der Waals surface area contributed by atoms with Gasteiger partial charge in [-0.05, 0) is 50.3 Å². The van der Waals surface area contributed by atoms with Gasteiger partial charge in [-0.15, -0.1) is 0 Å². The molecule has 3 aromatic rings. The van der Waals surface area contributed by atoms with Crippen LogP contribution in [-0.4, -0.2) is 26.5 Å². The Morgan fingerprint density at radius 3 is 2.19 bits per heavy atom. The maximum absolute atomic E-state index is 12.7. The van der Waals surface area contributed by atoms with Crippen LogP contribution in [0.1, 0.15) is 18.2 Å². The summed E-state index contributed by atoms with van der Waals surface area (Å²) in [6.45, 7) is 3.66. The third-order valence-electron chi connectivity index (χ3n) is 4.89. The fraction of sp³-hybridized carbons (Fsp3) is 0.0800. The van der Waals surface area contributed by atoms with Gasteiger partial charge in [-0.3, -0.25) is 4.79 Å². The van der Waals surface area contributed by atoms with Gasteiger partial charge in [0.2, 0.25) is 5.88 Å². The summed E-state index contributed by atoms with van der Waals surface area (Å²) >= 11 is 0. The van der Waals surface area contributed by atoms with Gasteiger partial charge in [0.25, 0.3) is 5.91 Å². The average molecular weight is 410 g/mol. The molecular formula is C25H22N4O2. The molecule has 0 atom stereocenters. The molecule has 31 heavy (non-hydrogen) atoms. The Kier molecular flexibility index (Phi) is 5.62. The molecule has 0 aliphatic carbocycles. The van der Waals surface area contributed by atoms with Gasteiger partial charge < -0.3 is 5.11 Å². The number of aromatic hydroxyl groups is 1. The van der Waals surface area contributed by atoms with Gasteiger partial charge in [0, 0.05) is 0 Å². The van der Waals surface area contributed by atoms with E-state index in [2.05, 4.69) is 10.2 Å². The Balaban J connectivity index is 1.48. The number of para-hydroxylation sites is 2. The predicted molar refractivity (Wildman–Crippen MR) is 123 cm³/mol. The van der Waals surface area contributed by atoms with Gasteiger partial charge >= 0.3 is 0 Å². The summed E-state index contributed by atoms with van der Waals surface area (Å²) in [5.41, 5.74) is 4.11. The minimum absolute atomic E-state index is 0.0826. The number of rotatable bonds is 5. The van der Waals surface area contributed by atoms with Crippen LogP contribution in [0.2, 0.25) is 0 Å². The third-order valence-corrected chi connectivity index (χ3v) is 4.89. The SMILES string of the molecule is CC1=NN(c2ccccc2)C(=O)\C1=C/C=C/C=C/c1c(C)nn(-c2ccccc2)c1O. The summed E-state index contributed by atoms with van der Waals surface area (Å²) in [4.78, 5) is 12.7. The number of hydrazone groups is 1. The number of aromatic nitrogens is 2. The lowest BCUT2D eigenvalue weighted by Crippen LogP contribution is -2.21. The van der Waals surface area contributed by atoms with Gasteiger partial charge in [0.1, 0.15) is 0 Å². The number of carbonyl (C=O) groups is 1. The molecule has 154 valence electrons. The topological polar surface area (TPSA) is 70.7 Å². The zero-order chi connectivity index (χ0) is 21.8. The number of benzene rings is 2. The fourth-order valence-corrected chi connectivity index (χ4v) is 3.29. The minimum Gasteiger partial charge on any atom is -0.493 e. The summed E-state index contributed by atoms with van der Waals surface area (Å²) < 4.78 is 1.51. The smallest absolute Gasteiger partial charge is 0.280 e. The van der Waals surface area contributed by atoms with Crippen LogP contribution in [0.4, 0.5) is 5.69 Å². The van der Waals surface area contributed by atoms with Crippen LogP contribution in [0.5, 0.6) is 5.88 Å². The van der Waals surface area contributed by atoms with Crippen molar-refractivity contribution >= 4 is 23.4 Å². The molecule has 0 bridgehead atoms. The number of amides is 1. The van der Waals surface area contributed by atoms with Crippen molar-refractivity contribution < 1.29 is 9.90 Å². The minimum atomic E-state index is -0.157. The zero-order valence-electron chi connectivity index (χ0n) is 17.3. The normalized spacial score (nSPS) is 15.5. The first kappa shape index (κ1) is 20.1. The highest BCUT2D eigenvalue weighted by Crippen LogP contribution is 2.26. The van der Waals surface area contributed by atoms with Gasteiger partial charge in [-0.2, -0.15) is 15.2 Å². The molecule has 0 unspecified atom stereocenters. The number of hydrogen-bond donors (Lipinski definition) is 1. The first-order chi connectivity index (χ1) is 15.1. The Bertz CT molecular complexity index is 1220. The fourth-order valence-electron chi connectivity index (χ4n) is 3.29. The summed E-state index contributed by atoms with van der Waals surface area (Å²) in [5, 5.41) is 20.7. The number of aryl methyl sites for hydroxylation is 1. The summed E-state index contributed by atoms with van der Waals surface area (Å²) in [7, 11) is 0. The summed E-state index contributed by atoms with van der Waals surface area (Å²) in [5.74, 6) is -0.0749. The van der Waals surface area contributed by atoms with Crippen molar-refractivity contribution in [1.29, 1.82) is 0 Å². The molecule has 1 aromatic heterocycles. The number of nitrogens with zero attached hydrogens (tertiary/aromatic N) is 4. The zero-order valence-corrected chi connectivity index (χ0v) is 17.3. The molecule has 1 aliphatic rings. The van der Waals surface area contributed by atoms with Gasteiger partial charge in [0.05, 0.1) is 33.9 Å². The van der Waals surface area contributed by atoms with Crippen LogP contribution in [0, 0.1) is 6.92 Å². The van der Waals surface area contributed by atoms with E-state index >= 15 is 0 Å². The maximum atomic E-state index is 12.7. The molecule has 0 fully saturated rings. The number of anilines is 1. The van der Waals surface area contributed by atoms with E-state index < -0.39 is 0 Å². The summed E-state index contributed by atoms with van der Waals surface area (Å²) in [6, 6.07) is 18.8. The second kappa shape index (κ2) is 8.67. The lowest BCUT2D eigenvalue weighted by Gasteiger charge is -2.10. The van der Waals surface area contributed by atoms with E-state index in [1.807, 2.05) is 74.5 Å². The van der Waals surface area contributed by atoms with Crippen molar-refractivity contribution in [3.63, 3.8) is 0 Å². The van der Waals surface area contributed by atoms with Crippen molar-refractivity contribution in [3.8, 4) is 11.6 Å². The Hall–Kier alpha value is -4.19. The molecule has 1 amide bonds. The van der Waals surface area contributed by atoms with Crippen LogP contribution in [0.15, 0.2) is 95.6 Å². The first-order valence-electron chi connectivity index (χ1n) is 9.90. The van der Waals surface area contributed by atoms with Crippen LogP contribution in [0.3, 0.4) is 0 Å². The largest absolute Gasteiger partial charge is 0.493 e. The van der Waals surface area contributed by atoms with E-state index in [9.17, 15) is 9.90 Å². The second-order valence-corrected chi connectivity index (χ2v) is 7.03. The molecule has 1 aliphatic heterocycles. The van der Waals surface area contributed by atoms with E-state index in [0.717, 1.165) is 17.1 Å². The van der Waals surface area contributed by atoms with E-state index in [1.54, 1.807) is 30.4 Å². The quantitative estimate of drug-likeness (QED) is 0.485. The monoisotopic (exact) mass is 410 g/mol. The van der Waals surface area contributed by atoms with Crippen LogP contribution in [0.25, 0.3) is 11.8 Å². The van der Waals surface area contributed by atoms with E-state index in [1.165, 1.54) is 9.69 Å². The Morgan fingerprint density at radius 2 is 1.52 bits per heavy atom. The lowest BCUT2D eigenvalue weighted by molar-refractivity contribution is -0.114. The molecule has 2 heterocycles. The standard InChI is InChI=1S/C25H22N4O2/c1-18-22(24(30)28(26-18)20-12-6-3-7-13-20)16-10-5-11-17-23-19(2)27-29(25(23)31)21-14-8-4-9-15-21/h3-17,30H,1-2H3/b11-5+,16-10+,23-17-. The molecule has 6 nitrogen and oxygen atoms in total. The van der Waals surface area contributed by atoms with Crippen LogP contribution in [-0.2, 0) is 4.79 Å². The highest BCUT2D eigenvalue weighted by molar-refractivity contribution is 6.29. The van der Waals surface area contributed by atoms with Crippen molar-refractivity contribution in [2.45, 2.75) is 13.8 Å². The molecule has 6 heteroatoms. The van der Waals surface area contributed by atoms with Crippen molar-refractivity contribution in [3.05, 3.63) is 102 Å². The Labute approximate surface area is 180 Å². The highest BCUT2D eigenvalue weighted by atomic mass is 16.3. The van der Waals surface area contributed by atoms with E-state index in [4.69, 9.17) is 0 Å². The summed E-state index contributed by atoms with van der Waals surface area (Å²) in [6.07, 6.45) is 8.92. The molecule has 0 saturated carbocycles. The number of hydrogen-bond acceptors (Lipinski definition) is 4. The molecular weight excluding hydrogens is 388 g/mol. The molecule has 1 N–H and O–H groups in total. The predicted octanol–water partition coefficient (Wildman–Crippen LogP) is 4.80. The molecule has 2 aromatic carbocycles. The first-order valence-corrected chi connectivity index (χ1v) is 9.90. The van der Waals surface area contributed by atoms with Crippen molar-refractivity contribution in [2.24, 2.45) is 5.10 Å². The van der Waals surface area contributed by atoms with Gasteiger partial charge in [-0.1, -0.05) is 54.6 Å². The number of allylic oxidation sites excluding steroid dienone is 4. The van der Waals surface area contributed by atoms with Crippen LogP contribution < -0.4 is 5.01 Å². The van der Waals surface area contributed by atoms with Gasteiger partial charge in [0.15, 0.2) is 0 Å². The van der Waals surface area contributed by atoms with E-state index in [-0.39, 0.29) is 11.8 Å². The second-order valence-electron chi connectivity index (χ2n) is 7.03. The van der Waals surface area contributed by atoms with Crippen LogP contribution >= 0.6 is 0 Å². The maximum Gasteiger partial charge on any atom is 0.280 e. The number of carbonyl (C=O) groups excluding carboxylic acids is 1. The average Bonchev–Trinajstić information content (AvgIpc) is 3.24. The molecule has 0 spiro atoms. The van der Waals surface area contributed by atoms with E-state index in [0.29, 0.717) is 16.8 Å².